The highest BCUT2D eigenvalue weighted by Crippen LogP contribution is 2.04. The minimum atomic E-state index is -1.00. The van der Waals surface area contributed by atoms with Gasteiger partial charge in [0.05, 0.1) is 13.7 Å². The fourth-order valence-electron chi connectivity index (χ4n) is 1.38. The molecule has 28 heavy (non-hydrogen) atoms. The smallest absolute Gasteiger partial charge is 0.333 e. The molecule has 1 aromatic rings. The first-order chi connectivity index (χ1) is 13.2. The first-order valence-corrected chi connectivity index (χ1v) is 8.36. The zero-order valence-electron chi connectivity index (χ0n) is 16.6. The summed E-state index contributed by atoms with van der Waals surface area (Å²) in [5.41, 5.74) is 1.60. The molecule has 0 saturated heterocycles. The zero-order chi connectivity index (χ0) is 21.9. The highest BCUT2D eigenvalue weighted by Gasteiger charge is 2.05. The molecule has 0 aliphatic heterocycles. The molecule has 0 spiro atoms. The molecule has 6 heteroatoms. The van der Waals surface area contributed by atoms with Gasteiger partial charge in [-0.05, 0) is 25.8 Å². The summed E-state index contributed by atoms with van der Waals surface area (Å²) in [7, 11) is 1.25. The number of methoxy groups -OCH3 is 1. The maximum Gasteiger partial charge on any atom is 0.333 e. The number of carboxylic acids is 1. The summed E-state index contributed by atoms with van der Waals surface area (Å²) < 4.78 is 8.82. The molecule has 0 bridgehead atoms. The Labute approximate surface area is 166 Å². The monoisotopic (exact) mass is 388 g/mol. The van der Waals surface area contributed by atoms with E-state index in [0.717, 1.165) is 6.08 Å². The average molecular weight is 388 g/mol. The van der Waals surface area contributed by atoms with Crippen LogP contribution in [0.25, 0.3) is 6.08 Å². The Bertz CT molecular complexity index is 686. The summed E-state index contributed by atoms with van der Waals surface area (Å²) in [5, 5.41) is 8.48. The lowest BCUT2D eigenvalue weighted by Crippen LogP contribution is -2.03. The van der Waals surface area contributed by atoms with E-state index >= 15 is 0 Å². The Morgan fingerprint density at radius 2 is 1.71 bits per heavy atom. The number of rotatable bonds is 7. The highest BCUT2D eigenvalue weighted by molar-refractivity contribution is 5.89. The SMILES string of the molecule is C=C(CC=C(C)C(=O)O)C(=O)OC.C=CC(=O)OCC.C=Cc1ccccc1. The summed E-state index contributed by atoms with van der Waals surface area (Å²) in [4.78, 5) is 31.2. The molecule has 0 saturated carbocycles. The maximum atomic E-state index is 10.8. The Hall–Kier alpha value is -3.41. The quantitative estimate of drug-likeness (QED) is 0.556. The van der Waals surface area contributed by atoms with Gasteiger partial charge >= 0.3 is 17.9 Å². The number of carbonyl (C=O) groups is 3. The number of carboxylic acid groups (broad SMARTS) is 1. The van der Waals surface area contributed by atoms with Crippen molar-refractivity contribution in [3.8, 4) is 0 Å². The van der Waals surface area contributed by atoms with Gasteiger partial charge in [0, 0.05) is 17.2 Å². The molecule has 0 unspecified atom stereocenters. The lowest BCUT2D eigenvalue weighted by molar-refractivity contribution is -0.137. The fourth-order valence-corrected chi connectivity index (χ4v) is 1.38. The summed E-state index contributed by atoms with van der Waals surface area (Å²) >= 11 is 0. The lowest BCUT2D eigenvalue weighted by atomic mass is 10.1. The van der Waals surface area contributed by atoms with Crippen LogP contribution in [0.1, 0.15) is 25.8 Å². The molecule has 0 radical (unpaired) electrons. The molecule has 152 valence electrons. The Morgan fingerprint density at radius 3 is 2.04 bits per heavy atom. The molecule has 0 aromatic heterocycles. The van der Waals surface area contributed by atoms with Crippen LogP contribution in [0.2, 0.25) is 0 Å². The first kappa shape index (κ1) is 26.8. The molecule has 1 rings (SSSR count). The van der Waals surface area contributed by atoms with Gasteiger partial charge in [0.25, 0.3) is 0 Å². The van der Waals surface area contributed by atoms with Gasteiger partial charge < -0.3 is 14.6 Å². The summed E-state index contributed by atoms with van der Waals surface area (Å²) in [6, 6.07) is 10.0. The van der Waals surface area contributed by atoms with E-state index in [2.05, 4.69) is 29.2 Å². The van der Waals surface area contributed by atoms with E-state index in [-0.39, 0.29) is 23.5 Å². The second kappa shape index (κ2) is 17.0. The fraction of sp³-hybridized carbons (Fsp3) is 0.227. The van der Waals surface area contributed by atoms with Crippen LogP contribution in [0, 0.1) is 0 Å². The third-order valence-corrected chi connectivity index (χ3v) is 2.95. The van der Waals surface area contributed by atoms with Gasteiger partial charge in [-0.1, -0.05) is 62.2 Å². The summed E-state index contributed by atoms with van der Waals surface area (Å²) in [5.74, 6) is -1.88. The molecule has 0 aliphatic carbocycles. The standard InChI is InChI=1S/C9H12O4.C8H8.C5H8O2/c1-6(8(10)11)4-5-7(2)9(12)13-3;1-2-8-6-4-3-5-7-8;1-3-5(6)7-4-2/h4H,2,5H2,1,3H3,(H,10,11);2-7H,1H2;3H,1,4H2,2H3. The van der Waals surface area contributed by atoms with Crippen molar-refractivity contribution >= 4 is 24.0 Å². The van der Waals surface area contributed by atoms with Crippen LogP contribution in [0.5, 0.6) is 0 Å². The van der Waals surface area contributed by atoms with Crippen LogP contribution in [-0.4, -0.2) is 36.7 Å². The number of carbonyl (C=O) groups excluding carboxylic acids is 2. The molecule has 6 nitrogen and oxygen atoms in total. The predicted molar refractivity (Wildman–Crippen MR) is 111 cm³/mol. The molecule has 0 fully saturated rings. The van der Waals surface area contributed by atoms with E-state index < -0.39 is 11.9 Å². The number of aliphatic carboxylic acids is 1. The third kappa shape index (κ3) is 14.9. The van der Waals surface area contributed by atoms with Crippen LogP contribution < -0.4 is 0 Å². The van der Waals surface area contributed by atoms with E-state index in [0.29, 0.717) is 6.61 Å². The van der Waals surface area contributed by atoms with Crippen molar-refractivity contribution in [2.45, 2.75) is 20.3 Å². The van der Waals surface area contributed by atoms with Crippen molar-refractivity contribution in [2.75, 3.05) is 13.7 Å². The number of hydrogen-bond donors (Lipinski definition) is 1. The van der Waals surface area contributed by atoms with E-state index in [1.807, 2.05) is 36.4 Å². The molecule has 0 aliphatic rings. The Kier molecular flexibility index (Phi) is 16.3. The number of benzene rings is 1. The average Bonchev–Trinajstić information content (AvgIpc) is 2.72. The highest BCUT2D eigenvalue weighted by atomic mass is 16.5. The van der Waals surface area contributed by atoms with E-state index in [9.17, 15) is 14.4 Å². The first-order valence-electron chi connectivity index (χ1n) is 8.36. The van der Waals surface area contributed by atoms with Crippen molar-refractivity contribution in [1.29, 1.82) is 0 Å². The minimum absolute atomic E-state index is 0.185. The third-order valence-electron chi connectivity index (χ3n) is 2.95. The van der Waals surface area contributed by atoms with E-state index in [1.54, 1.807) is 6.92 Å². The number of esters is 2. The van der Waals surface area contributed by atoms with Crippen molar-refractivity contribution in [3.63, 3.8) is 0 Å². The van der Waals surface area contributed by atoms with Gasteiger partial charge in [-0.3, -0.25) is 0 Å². The zero-order valence-corrected chi connectivity index (χ0v) is 16.6. The number of ether oxygens (including phenoxy) is 2. The van der Waals surface area contributed by atoms with Gasteiger partial charge in [-0.2, -0.15) is 0 Å². The minimum Gasteiger partial charge on any atom is -0.478 e. The molecule has 0 atom stereocenters. The van der Waals surface area contributed by atoms with E-state index in [4.69, 9.17) is 5.11 Å². The van der Waals surface area contributed by atoms with Crippen LogP contribution in [-0.2, 0) is 23.9 Å². The van der Waals surface area contributed by atoms with Crippen molar-refractivity contribution in [1.82, 2.24) is 0 Å². The maximum absolute atomic E-state index is 10.8. The second-order valence-corrected chi connectivity index (χ2v) is 5.06. The topological polar surface area (TPSA) is 89.9 Å². The van der Waals surface area contributed by atoms with Crippen LogP contribution in [0.15, 0.2) is 73.4 Å². The van der Waals surface area contributed by atoms with E-state index in [1.165, 1.54) is 25.7 Å². The predicted octanol–water partition coefficient (Wildman–Crippen LogP) is 4.20. The van der Waals surface area contributed by atoms with Gasteiger partial charge in [0.2, 0.25) is 0 Å². The lowest BCUT2D eigenvalue weighted by Gasteiger charge is -1.99. The normalized spacial score (nSPS) is 9.32. The Morgan fingerprint density at radius 1 is 1.14 bits per heavy atom. The van der Waals surface area contributed by atoms with Crippen molar-refractivity contribution in [3.05, 3.63) is 78.9 Å². The van der Waals surface area contributed by atoms with Gasteiger partial charge in [0.1, 0.15) is 0 Å². The number of hydrogen-bond acceptors (Lipinski definition) is 5. The summed E-state index contributed by atoms with van der Waals surface area (Å²) in [6.07, 6.45) is 4.59. The largest absolute Gasteiger partial charge is 0.478 e. The van der Waals surface area contributed by atoms with Crippen LogP contribution in [0.4, 0.5) is 0 Å². The van der Waals surface area contributed by atoms with Crippen molar-refractivity contribution in [2.24, 2.45) is 0 Å². The summed E-state index contributed by atoms with van der Waals surface area (Å²) in [6.45, 7) is 13.9. The molecular weight excluding hydrogens is 360 g/mol. The Balaban J connectivity index is 0. The molecule has 0 heterocycles. The molecule has 1 aromatic carbocycles. The molecular formula is C22H28O6. The number of allylic oxidation sites excluding steroid dienone is 1. The van der Waals surface area contributed by atoms with Crippen LogP contribution >= 0.6 is 0 Å². The second-order valence-electron chi connectivity index (χ2n) is 5.06. The van der Waals surface area contributed by atoms with Gasteiger partial charge in [0.15, 0.2) is 0 Å². The van der Waals surface area contributed by atoms with Crippen molar-refractivity contribution < 1.29 is 29.0 Å². The van der Waals surface area contributed by atoms with Gasteiger partial charge in [-0.15, -0.1) is 0 Å². The van der Waals surface area contributed by atoms with Crippen LogP contribution in [0.3, 0.4) is 0 Å². The molecule has 0 amide bonds. The molecule has 1 N–H and O–H groups in total. The van der Waals surface area contributed by atoms with Gasteiger partial charge in [-0.25, -0.2) is 14.4 Å².